The van der Waals surface area contributed by atoms with Crippen LogP contribution in [0.2, 0.25) is 0 Å². The molecule has 0 spiro atoms. The molecule has 7 heteroatoms. The Balaban J connectivity index is 2.36. The van der Waals surface area contributed by atoms with Gasteiger partial charge in [-0.1, -0.05) is 0 Å². The van der Waals surface area contributed by atoms with Gasteiger partial charge in [0.15, 0.2) is 17.0 Å². The van der Waals surface area contributed by atoms with Crippen LogP contribution in [0.4, 0.5) is 0 Å². The van der Waals surface area contributed by atoms with E-state index in [9.17, 15) is 4.79 Å². The standard InChI is InChI=1S/C11H14N4O3/c1-3-18-5-4-15-7(2)13-9-10(15)12-6-8(14-9)11(16)17/h6H,3-5H2,1-2H3,(H,16,17). The molecule has 0 saturated carbocycles. The van der Waals surface area contributed by atoms with Gasteiger partial charge in [0, 0.05) is 13.2 Å². The summed E-state index contributed by atoms with van der Waals surface area (Å²) in [6, 6.07) is 0. The zero-order valence-electron chi connectivity index (χ0n) is 10.3. The third-order valence-electron chi connectivity index (χ3n) is 2.53. The topological polar surface area (TPSA) is 90.1 Å². The Morgan fingerprint density at radius 3 is 2.94 bits per heavy atom. The zero-order chi connectivity index (χ0) is 13.1. The minimum absolute atomic E-state index is 0.100. The highest BCUT2D eigenvalue weighted by molar-refractivity contribution is 5.86. The van der Waals surface area contributed by atoms with E-state index in [2.05, 4.69) is 15.0 Å². The van der Waals surface area contributed by atoms with Crippen LogP contribution >= 0.6 is 0 Å². The van der Waals surface area contributed by atoms with Crippen LogP contribution in [0, 0.1) is 6.92 Å². The van der Waals surface area contributed by atoms with Crippen LogP contribution in [0.3, 0.4) is 0 Å². The molecular weight excluding hydrogens is 236 g/mol. The molecule has 0 atom stereocenters. The van der Waals surface area contributed by atoms with Gasteiger partial charge in [0.1, 0.15) is 5.82 Å². The van der Waals surface area contributed by atoms with E-state index < -0.39 is 5.97 Å². The van der Waals surface area contributed by atoms with Crippen molar-refractivity contribution in [1.82, 2.24) is 19.5 Å². The molecule has 0 aliphatic rings. The van der Waals surface area contributed by atoms with E-state index in [0.29, 0.717) is 31.1 Å². The van der Waals surface area contributed by atoms with Gasteiger partial charge in [0.25, 0.3) is 0 Å². The summed E-state index contributed by atoms with van der Waals surface area (Å²) in [4.78, 5) is 23.0. The van der Waals surface area contributed by atoms with E-state index in [1.165, 1.54) is 6.20 Å². The molecule has 0 radical (unpaired) electrons. The quantitative estimate of drug-likeness (QED) is 0.792. The highest BCUT2D eigenvalue weighted by Gasteiger charge is 2.13. The zero-order valence-corrected chi connectivity index (χ0v) is 10.3. The van der Waals surface area contributed by atoms with Gasteiger partial charge in [-0.05, 0) is 13.8 Å². The van der Waals surface area contributed by atoms with Gasteiger partial charge in [-0.3, -0.25) is 0 Å². The Morgan fingerprint density at radius 1 is 1.50 bits per heavy atom. The molecule has 2 rings (SSSR count). The molecule has 0 aliphatic carbocycles. The molecule has 2 aromatic heterocycles. The molecule has 2 heterocycles. The van der Waals surface area contributed by atoms with E-state index in [0.717, 1.165) is 5.82 Å². The van der Waals surface area contributed by atoms with Crippen LogP contribution in [-0.2, 0) is 11.3 Å². The van der Waals surface area contributed by atoms with Crippen LogP contribution in [0.25, 0.3) is 11.3 Å². The number of carboxylic acid groups (broad SMARTS) is 1. The predicted molar refractivity (Wildman–Crippen MR) is 63.5 cm³/mol. The summed E-state index contributed by atoms with van der Waals surface area (Å²) in [5.74, 6) is -0.363. The van der Waals surface area contributed by atoms with Crippen molar-refractivity contribution in [3.63, 3.8) is 0 Å². The van der Waals surface area contributed by atoms with Gasteiger partial charge in [-0.2, -0.15) is 0 Å². The monoisotopic (exact) mass is 250 g/mol. The summed E-state index contributed by atoms with van der Waals surface area (Å²) in [5, 5.41) is 8.84. The third-order valence-corrected chi connectivity index (χ3v) is 2.53. The van der Waals surface area contributed by atoms with Crippen LogP contribution in [0.5, 0.6) is 0 Å². The molecule has 7 nitrogen and oxygen atoms in total. The van der Waals surface area contributed by atoms with Crippen LogP contribution < -0.4 is 0 Å². The first kappa shape index (κ1) is 12.4. The number of carbonyl (C=O) groups is 1. The summed E-state index contributed by atoms with van der Waals surface area (Å²) in [5.41, 5.74) is 0.832. The fourth-order valence-electron chi connectivity index (χ4n) is 1.68. The number of rotatable bonds is 5. The number of aromatic carboxylic acids is 1. The van der Waals surface area contributed by atoms with Gasteiger partial charge < -0.3 is 14.4 Å². The maximum atomic E-state index is 10.8. The minimum atomic E-state index is -1.11. The molecule has 0 amide bonds. The van der Waals surface area contributed by atoms with E-state index in [-0.39, 0.29) is 5.69 Å². The number of aromatic nitrogens is 4. The van der Waals surface area contributed by atoms with Gasteiger partial charge in [0.05, 0.1) is 12.8 Å². The van der Waals surface area contributed by atoms with Crippen molar-refractivity contribution in [1.29, 1.82) is 0 Å². The number of fused-ring (bicyclic) bond motifs is 1. The lowest BCUT2D eigenvalue weighted by atomic mass is 10.4. The van der Waals surface area contributed by atoms with E-state index in [1.807, 2.05) is 18.4 Å². The number of nitrogens with zero attached hydrogens (tertiary/aromatic N) is 4. The number of hydrogen-bond donors (Lipinski definition) is 1. The molecular formula is C11H14N4O3. The Morgan fingerprint density at radius 2 is 2.28 bits per heavy atom. The van der Waals surface area contributed by atoms with Crippen molar-refractivity contribution in [3.05, 3.63) is 17.7 Å². The van der Waals surface area contributed by atoms with E-state index >= 15 is 0 Å². The van der Waals surface area contributed by atoms with Crippen molar-refractivity contribution in [2.45, 2.75) is 20.4 Å². The minimum Gasteiger partial charge on any atom is -0.476 e. The lowest BCUT2D eigenvalue weighted by Crippen LogP contribution is -2.08. The third kappa shape index (κ3) is 2.30. The van der Waals surface area contributed by atoms with Crippen molar-refractivity contribution >= 4 is 17.3 Å². The van der Waals surface area contributed by atoms with Gasteiger partial charge in [-0.25, -0.2) is 19.7 Å². The maximum absolute atomic E-state index is 10.8. The number of hydrogen-bond acceptors (Lipinski definition) is 5. The smallest absolute Gasteiger partial charge is 0.356 e. The van der Waals surface area contributed by atoms with E-state index in [4.69, 9.17) is 9.84 Å². The number of ether oxygens (including phenoxy) is 1. The average Bonchev–Trinajstić information content (AvgIpc) is 2.65. The molecule has 0 fully saturated rings. The summed E-state index contributed by atoms with van der Waals surface area (Å²) < 4.78 is 7.15. The Bertz CT molecular complexity index is 579. The molecule has 0 bridgehead atoms. The second-order valence-electron chi connectivity index (χ2n) is 3.72. The molecule has 96 valence electrons. The molecule has 18 heavy (non-hydrogen) atoms. The van der Waals surface area contributed by atoms with Crippen molar-refractivity contribution < 1.29 is 14.6 Å². The Hall–Kier alpha value is -2.02. The lowest BCUT2D eigenvalue weighted by Gasteiger charge is -2.05. The molecule has 2 aromatic rings. The highest BCUT2D eigenvalue weighted by atomic mass is 16.5. The Kier molecular flexibility index (Phi) is 3.52. The van der Waals surface area contributed by atoms with Crippen molar-refractivity contribution in [3.8, 4) is 0 Å². The predicted octanol–water partition coefficient (Wildman–Crippen LogP) is 0.869. The summed E-state index contributed by atoms with van der Waals surface area (Å²) >= 11 is 0. The average molecular weight is 250 g/mol. The highest BCUT2D eigenvalue weighted by Crippen LogP contribution is 2.11. The fourth-order valence-corrected chi connectivity index (χ4v) is 1.68. The molecule has 1 N–H and O–H groups in total. The molecule has 0 aromatic carbocycles. The first-order valence-corrected chi connectivity index (χ1v) is 5.64. The SMILES string of the molecule is CCOCCn1c(C)nc2nc(C(=O)O)cnc21. The summed E-state index contributed by atoms with van der Waals surface area (Å²) in [6.07, 6.45) is 1.24. The first-order valence-electron chi connectivity index (χ1n) is 5.64. The molecule has 0 unspecified atom stereocenters. The number of aryl methyl sites for hydroxylation is 1. The van der Waals surface area contributed by atoms with Crippen molar-refractivity contribution in [2.24, 2.45) is 0 Å². The van der Waals surface area contributed by atoms with Crippen LogP contribution in [0.15, 0.2) is 6.20 Å². The van der Waals surface area contributed by atoms with E-state index in [1.54, 1.807) is 0 Å². The maximum Gasteiger partial charge on any atom is 0.356 e. The van der Waals surface area contributed by atoms with Gasteiger partial charge >= 0.3 is 5.97 Å². The van der Waals surface area contributed by atoms with Crippen molar-refractivity contribution in [2.75, 3.05) is 13.2 Å². The lowest BCUT2D eigenvalue weighted by molar-refractivity contribution is 0.0690. The Labute approximate surface area is 103 Å². The molecule has 0 saturated heterocycles. The summed E-state index contributed by atoms with van der Waals surface area (Å²) in [7, 11) is 0. The second-order valence-corrected chi connectivity index (χ2v) is 3.72. The second kappa shape index (κ2) is 5.09. The first-order chi connectivity index (χ1) is 8.63. The number of imidazole rings is 1. The van der Waals surface area contributed by atoms with Crippen LogP contribution in [0.1, 0.15) is 23.2 Å². The normalized spacial score (nSPS) is 11.0. The van der Waals surface area contributed by atoms with Gasteiger partial charge in [-0.15, -0.1) is 0 Å². The summed E-state index contributed by atoms with van der Waals surface area (Å²) in [6.45, 7) is 5.59. The molecule has 0 aliphatic heterocycles. The number of carboxylic acids is 1. The van der Waals surface area contributed by atoms with Crippen LogP contribution in [-0.4, -0.2) is 43.8 Å². The largest absolute Gasteiger partial charge is 0.476 e. The fraction of sp³-hybridized carbons (Fsp3) is 0.455. The van der Waals surface area contributed by atoms with Gasteiger partial charge in [0.2, 0.25) is 0 Å².